The third-order valence-corrected chi connectivity index (χ3v) is 11.9. The van der Waals surface area contributed by atoms with Gasteiger partial charge >= 0.3 is 0 Å². The topological polar surface area (TPSA) is 13.1 Å². The summed E-state index contributed by atoms with van der Waals surface area (Å²) in [5.74, 6) is 0. The Hall–Kier alpha value is -6.70. The second-order valence-electron chi connectivity index (χ2n) is 14.3. The van der Waals surface area contributed by atoms with E-state index in [-0.39, 0.29) is 0 Å². The summed E-state index contributed by atoms with van der Waals surface area (Å²) in [5, 5.41) is 7.19. The van der Waals surface area contributed by atoms with Gasteiger partial charge in [-0.05, 0) is 113 Å². The lowest BCUT2D eigenvalue weighted by Gasteiger charge is -2.31. The van der Waals surface area contributed by atoms with Crippen molar-refractivity contribution in [2.75, 3.05) is 0 Å². The summed E-state index contributed by atoms with van der Waals surface area (Å²) in [5.41, 5.74) is 16.9. The molecule has 9 aromatic carbocycles. The van der Waals surface area contributed by atoms with E-state index in [0.717, 1.165) is 21.9 Å². The molecule has 0 aliphatic heterocycles. The maximum absolute atomic E-state index is 6.65. The quantitative estimate of drug-likeness (QED) is 0.180. The molecule has 240 valence electrons. The fourth-order valence-electron chi connectivity index (χ4n) is 9.74. The Morgan fingerprint density at radius 3 is 1.83 bits per heavy atom. The zero-order chi connectivity index (χ0) is 34.0. The molecule has 0 saturated carbocycles. The molecule has 12 rings (SSSR count). The Morgan fingerprint density at radius 1 is 0.327 bits per heavy atom. The number of furan rings is 1. The van der Waals surface area contributed by atoms with Gasteiger partial charge in [-0.25, -0.2) is 0 Å². The van der Waals surface area contributed by atoms with Crippen LogP contribution in [0.4, 0.5) is 0 Å². The van der Waals surface area contributed by atoms with Crippen molar-refractivity contribution < 1.29 is 4.42 Å². The molecule has 52 heavy (non-hydrogen) atoms. The highest BCUT2D eigenvalue weighted by atomic mass is 16.3. The first-order chi connectivity index (χ1) is 25.8. The molecule has 1 aromatic heterocycles. The Balaban J connectivity index is 1.18. The fraction of sp³-hybridized carbons (Fsp3) is 0.0196. The number of fused-ring (bicyclic) bond motifs is 16. The molecule has 2 aliphatic rings. The highest BCUT2D eigenvalue weighted by Crippen LogP contribution is 2.64. The van der Waals surface area contributed by atoms with Gasteiger partial charge in [0.2, 0.25) is 0 Å². The van der Waals surface area contributed by atoms with Crippen LogP contribution in [0.1, 0.15) is 22.3 Å². The molecule has 1 nitrogen and oxygen atoms in total. The first kappa shape index (κ1) is 28.0. The standard InChI is InChI=1S/C51H30O/c1-2-12-31(13-3-1)35-19-10-15-33-28-43-40-26-25-34(36-20-11-23-48-49(36)41-27-24-32-14-4-5-16-37(32)50(41)52-48)29-46(40)51(47(43)30-42(33)35)44-21-8-6-17-38(44)39-18-7-9-22-45(39)51/h1-30H. The van der Waals surface area contributed by atoms with Crippen LogP contribution in [0.25, 0.3) is 88.0 Å². The van der Waals surface area contributed by atoms with E-state index < -0.39 is 5.41 Å². The zero-order valence-corrected chi connectivity index (χ0v) is 28.2. The van der Waals surface area contributed by atoms with Crippen molar-refractivity contribution in [2.45, 2.75) is 5.41 Å². The van der Waals surface area contributed by atoms with E-state index in [0.29, 0.717) is 0 Å². The SMILES string of the molecule is c1ccc(-c2cccc3cc4c(cc23)C2(c3ccccc3-c3ccccc32)c2cc(-c3cccc5oc6c7ccccc7ccc6c35)ccc2-4)cc1. The van der Waals surface area contributed by atoms with Crippen LogP contribution in [0.5, 0.6) is 0 Å². The van der Waals surface area contributed by atoms with E-state index in [1.165, 1.54) is 88.3 Å². The summed E-state index contributed by atoms with van der Waals surface area (Å²) in [6.45, 7) is 0. The monoisotopic (exact) mass is 658 g/mol. The average Bonchev–Trinajstić information content (AvgIpc) is 3.84. The molecule has 10 aromatic rings. The molecule has 0 amide bonds. The lowest BCUT2D eigenvalue weighted by Crippen LogP contribution is -2.26. The van der Waals surface area contributed by atoms with Gasteiger partial charge < -0.3 is 4.42 Å². The summed E-state index contributed by atoms with van der Waals surface area (Å²) < 4.78 is 6.65. The van der Waals surface area contributed by atoms with Crippen molar-refractivity contribution in [3.8, 4) is 44.5 Å². The van der Waals surface area contributed by atoms with Crippen LogP contribution in [-0.4, -0.2) is 0 Å². The van der Waals surface area contributed by atoms with Crippen molar-refractivity contribution >= 4 is 43.5 Å². The van der Waals surface area contributed by atoms with Crippen molar-refractivity contribution in [1.82, 2.24) is 0 Å². The molecule has 0 bridgehead atoms. The van der Waals surface area contributed by atoms with Gasteiger partial charge in [0.1, 0.15) is 11.2 Å². The molecule has 1 spiro atoms. The van der Waals surface area contributed by atoms with Crippen molar-refractivity contribution in [1.29, 1.82) is 0 Å². The van der Waals surface area contributed by atoms with Gasteiger partial charge in [0.15, 0.2) is 0 Å². The van der Waals surface area contributed by atoms with Gasteiger partial charge in [0.05, 0.1) is 5.41 Å². The van der Waals surface area contributed by atoms with Crippen LogP contribution in [0.2, 0.25) is 0 Å². The van der Waals surface area contributed by atoms with Crippen LogP contribution in [0.15, 0.2) is 186 Å². The third kappa shape index (κ3) is 3.52. The Morgan fingerprint density at radius 2 is 0.981 bits per heavy atom. The number of hydrogen-bond acceptors (Lipinski definition) is 1. The van der Waals surface area contributed by atoms with E-state index in [4.69, 9.17) is 4.42 Å². The summed E-state index contributed by atoms with van der Waals surface area (Å²) in [6.07, 6.45) is 0. The van der Waals surface area contributed by atoms with E-state index in [1.807, 2.05) is 0 Å². The summed E-state index contributed by atoms with van der Waals surface area (Å²) >= 11 is 0. The minimum Gasteiger partial charge on any atom is -0.455 e. The minimum atomic E-state index is -0.464. The Bertz CT molecular complexity index is 3080. The van der Waals surface area contributed by atoms with Crippen LogP contribution in [0.3, 0.4) is 0 Å². The fourth-order valence-corrected chi connectivity index (χ4v) is 9.74. The average molecular weight is 659 g/mol. The maximum Gasteiger partial charge on any atom is 0.143 e. The van der Waals surface area contributed by atoms with Gasteiger partial charge in [-0.2, -0.15) is 0 Å². The second-order valence-corrected chi connectivity index (χ2v) is 14.3. The van der Waals surface area contributed by atoms with Crippen LogP contribution in [0, 0.1) is 0 Å². The Labute approximate surface area is 301 Å². The van der Waals surface area contributed by atoms with E-state index >= 15 is 0 Å². The predicted molar refractivity (Wildman–Crippen MR) is 216 cm³/mol. The highest BCUT2D eigenvalue weighted by Gasteiger charge is 2.51. The van der Waals surface area contributed by atoms with Crippen LogP contribution < -0.4 is 0 Å². The molecule has 0 atom stereocenters. The predicted octanol–water partition coefficient (Wildman–Crippen LogP) is 13.6. The molecule has 0 unspecified atom stereocenters. The van der Waals surface area contributed by atoms with E-state index in [1.54, 1.807) is 0 Å². The molecule has 0 radical (unpaired) electrons. The molecule has 0 fully saturated rings. The molecule has 1 heteroatoms. The molecular weight excluding hydrogens is 629 g/mol. The van der Waals surface area contributed by atoms with E-state index in [2.05, 4.69) is 182 Å². The maximum atomic E-state index is 6.65. The first-order valence-corrected chi connectivity index (χ1v) is 18.1. The van der Waals surface area contributed by atoms with Gasteiger partial charge in [-0.1, -0.05) is 152 Å². The molecule has 0 saturated heterocycles. The lowest BCUT2D eigenvalue weighted by molar-refractivity contribution is 0.673. The largest absolute Gasteiger partial charge is 0.455 e. The van der Waals surface area contributed by atoms with Gasteiger partial charge in [0, 0.05) is 16.2 Å². The smallest absolute Gasteiger partial charge is 0.143 e. The number of rotatable bonds is 2. The summed E-state index contributed by atoms with van der Waals surface area (Å²) in [7, 11) is 0. The minimum absolute atomic E-state index is 0.464. The summed E-state index contributed by atoms with van der Waals surface area (Å²) in [6, 6.07) is 67.3. The zero-order valence-electron chi connectivity index (χ0n) is 28.2. The number of benzene rings is 9. The van der Waals surface area contributed by atoms with Crippen molar-refractivity contribution in [3.05, 3.63) is 204 Å². The summed E-state index contributed by atoms with van der Waals surface area (Å²) in [4.78, 5) is 0. The number of hydrogen-bond donors (Lipinski definition) is 0. The third-order valence-electron chi connectivity index (χ3n) is 11.9. The first-order valence-electron chi connectivity index (χ1n) is 18.1. The van der Waals surface area contributed by atoms with Crippen molar-refractivity contribution in [2.24, 2.45) is 0 Å². The molecule has 0 N–H and O–H groups in total. The molecular formula is C51H30O. The second kappa shape index (κ2) is 10.2. The highest BCUT2D eigenvalue weighted by molar-refractivity contribution is 6.19. The van der Waals surface area contributed by atoms with Crippen molar-refractivity contribution in [3.63, 3.8) is 0 Å². The molecule has 1 heterocycles. The molecule has 2 aliphatic carbocycles. The van der Waals surface area contributed by atoms with Gasteiger partial charge in [-0.15, -0.1) is 0 Å². The lowest BCUT2D eigenvalue weighted by atomic mass is 9.70. The normalized spacial score (nSPS) is 13.5. The van der Waals surface area contributed by atoms with E-state index in [9.17, 15) is 0 Å². The van der Waals surface area contributed by atoms with Crippen LogP contribution >= 0.6 is 0 Å². The van der Waals surface area contributed by atoms with Crippen LogP contribution in [-0.2, 0) is 5.41 Å². The van der Waals surface area contributed by atoms with Gasteiger partial charge in [0.25, 0.3) is 0 Å². The van der Waals surface area contributed by atoms with Gasteiger partial charge in [-0.3, -0.25) is 0 Å². The Kier molecular flexibility index (Phi) is 5.49.